The van der Waals surface area contributed by atoms with Gasteiger partial charge in [-0.25, -0.2) is 0 Å². The molecular weight excluding hydrogens is 191 g/mol. The fourth-order valence-electron chi connectivity index (χ4n) is 1.04. The van der Waals surface area contributed by atoms with Crippen LogP contribution in [0.25, 0.3) is 0 Å². The predicted octanol–water partition coefficient (Wildman–Crippen LogP) is 2.95. The lowest BCUT2D eigenvalue weighted by atomic mass is 10.0. The van der Waals surface area contributed by atoms with Crippen molar-refractivity contribution in [3.8, 4) is 0 Å². The van der Waals surface area contributed by atoms with Crippen LogP contribution in [0.1, 0.15) is 12.8 Å². The quantitative estimate of drug-likeness (QED) is 0.686. The minimum atomic E-state index is -4.21. The van der Waals surface area contributed by atoms with Gasteiger partial charge in [-0.15, -0.1) is 0 Å². The van der Waals surface area contributed by atoms with Gasteiger partial charge in [-0.1, -0.05) is 31.4 Å². The molecule has 0 radical (unpaired) electrons. The number of alkyl halides is 3. The number of nitrogens with two attached hydrogens (primary N) is 1. The van der Waals surface area contributed by atoms with Crippen molar-refractivity contribution < 1.29 is 13.2 Å². The standard InChI is InChI=1S/C10H14F3N/c1-3-5-8(4-2)6-9(14)7-10(11,12)13/h3-5,9H,1-2,6-7,14H2/b8-5+. The average Bonchev–Trinajstić information content (AvgIpc) is 2.00. The second-order valence-electron chi connectivity index (χ2n) is 2.96. The minimum Gasteiger partial charge on any atom is -0.327 e. The maximum atomic E-state index is 11.9. The monoisotopic (exact) mass is 205 g/mol. The molecule has 0 aliphatic carbocycles. The summed E-state index contributed by atoms with van der Waals surface area (Å²) in [6, 6.07) is -0.917. The van der Waals surface area contributed by atoms with Crippen LogP contribution in [-0.2, 0) is 0 Å². The van der Waals surface area contributed by atoms with Crippen molar-refractivity contribution in [2.24, 2.45) is 5.73 Å². The summed E-state index contributed by atoms with van der Waals surface area (Å²) in [5, 5.41) is 0. The van der Waals surface area contributed by atoms with Crippen LogP contribution in [0.5, 0.6) is 0 Å². The zero-order valence-electron chi connectivity index (χ0n) is 7.85. The summed E-state index contributed by atoms with van der Waals surface area (Å²) in [5.74, 6) is 0. The Hall–Kier alpha value is -1.03. The molecule has 0 aromatic carbocycles. The Labute approximate surface area is 81.8 Å². The highest BCUT2D eigenvalue weighted by molar-refractivity contribution is 5.21. The molecule has 0 aliphatic heterocycles. The molecule has 2 N–H and O–H groups in total. The molecule has 80 valence electrons. The van der Waals surface area contributed by atoms with Gasteiger partial charge < -0.3 is 5.73 Å². The van der Waals surface area contributed by atoms with Crippen molar-refractivity contribution in [2.75, 3.05) is 0 Å². The van der Waals surface area contributed by atoms with Crippen LogP contribution in [-0.4, -0.2) is 12.2 Å². The van der Waals surface area contributed by atoms with Gasteiger partial charge in [-0.3, -0.25) is 0 Å². The number of allylic oxidation sites excluding steroid dienone is 3. The van der Waals surface area contributed by atoms with Gasteiger partial charge in [0.1, 0.15) is 0 Å². The van der Waals surface area contributed by atoms with Crippen LogP contribution < -0.4 is 5.73 Å². The Kier molecular flexibility index (Phi) is 5.23. The molecule has 1 nitrogen and oxygen atoms in total. The van der Waals surface area contributed by atoms with Gasteiger partial charge in [0.15, 0.2) is 0 Å². The van der Waals surface area contributed by atoms with Crippen molar-refractivity contribution in [1.82, 2.24) is 0 Å². The van der Waals surface area contributed by atoms with E-state index >= 15 is 0 Å². The first-order chi connectivity index (χ1) is 6.39. The van der Waals surface area contributed by atoms with Crippen LogP contribution in [0.4, 0.5) is 13.2 Å². The topological polar surface area (TPSA) is 26.0 Å². The maximum Gasteiger partial charge on any atom is 0.390 e. The Morgan fingerprint density at radius 3 is 2.29 bits per heavy atom. The van der Waals surface area contributed by atoms with E-state index in [0.29, 0.717) is 5.57 Å². The molecule has 0 spiro atoms. The number of halogens is 3. The van der Waals surface area contributed by atoms with Gasteiger partial charge in [0.05, 0.1) is 6.42 Å². The molecule has 0 aromatic rings. The summed E-state index contributed by atoms with van der Waals surface area (Å²) in [5.41, 5.74) is 5.99. The first kappa shape index (κ1) is 13.0. The fraction of sp³-hybridized carbons (Fsp3) is 0.400. The molecule has 0 saturated heterocycles. The highest BCUT2D eigenvalue weighted by atomic mass is 19.4. The maximum absolute atomic E-state index is 11.9. The lowest BCUT2D eigenvalue weighted by molar-refractivity contribution is -0.138. The van der Waals surface area contributed by atoms with Crippen molar-refractivity contribution in [3.63, 3.8) is 0 Å². The van der Waals surface area contributed by atoms with Crippen molar-refractivity contribution in [1.29, 1.82) is 0 Å². The van der Waals surface area contributed by atoms with Crippen LogP contribution >= 0.6 is 0 Å². The third-order valence-electron chi connectivity index (χ3n) is 1.59. The van der Waals surface area contributed by atoms with Gasteiger partial charge in [-0.2, -0.15) is 13.2 Å². The zero-order chi connectivity index (χ0) is 11.2. The summed E-state index contributed by atoms with van der Waals surface area (Å²) in [4.78, 5) is 0. The van der Waals surface area contributed by atoms with E-state index in [0.717, 1.165) is 0 Å². The van der Waals surface area contributed by atoms with Crippen LogP contribution in [0.15, 0.2) is 37.0 Å². The van der Waals surface area contributed by atoms with Gasteiger partial charge in [-0.05, 0) is 12.0 Å². The summed E-state index contributed by atoms with van der Waals surface area (Å²) >= 11 is 0. The molecule has 1 unspecified atom stereocenters. The van der Waals surface area contributed by atoms with Gasteiger partial charge in [0.25, 0.3) is 0 Å². The molecule has 4 heteroatoms. The Morgan fingerprint density at radius 2 is 1.93 bits per heavy atom. The Morgan fingerprint density at radius 1 is 1.36 bits per heavy atom. The molecule has 0 amide bonds. The SMILES string of the molecule is C=C/C=C(\C=C)CC(N)CC(F)(F)F. The molecular formula is C10H14F3N. The summed E-state index contributed by atoms with van der Waals surface area (Å²) in [6.45, 7) is 6.92. The minimum absolute atomic E-state index is 0.162. The second kappa shape index (κ2) is 5.65. The number of hydrogen-bond acceptors (Lipinski definition) is 1. The van der Waals surface area contributed by atoms with E-state index in [2.05, 4.69) is 13.2 Å². The number of hydrogen-bond donors (Lipinski definition) is 1. The lowest BCUT2D eigenvalue weighted by Crippen LogP contribution is -2.27. The number of rotatable bonds is 5. The smallest absolute Gasteiger partial charge is 0.327 e. The average molecular weight is 205 g/mol. The largest absolute Gasteiger partial charge is 0.390 e. The van der Waals surface area contributed by atoms with Crippen LogP contribution in [0.2, 0.25) is 0 Å². The van der Waals surface area contributed by atoms with Gasteiger partial charge in [0, 0.05) is 6.04 Å². The molecule has 14 heavy (non-hydrogen) atoms. The summed E-state index contributed by atoms with van der Waals surface area (Å²) in [7, 11) is 0. The van der Waals surface area contributed by atoms with E-state index in [1.165, 1.54) is 12.2 Å². The van der Waals surface area contributed by atoms with Crippen molar-refractivity contribution in [2.45, 2.75) is 25.1 Å². The van der Waals surface area contributed by atoms with Crippen molar-refractivity contribution in [3.05, 3.63) is 37.0 Å². The zero-order valence-corrected chi connectivity index (χ0v) is 7.85. The Bertz CT molecular complexity index is 228. The fourth-order valence-corrected chi connectivity index (χ4v) is 1.04. The first-order valence-corrected chi connectivity index (χ1v) is 4.15. The van der Waals surface area contributed by atoms with E-state index in [1.807, 2.05) is 0 Å². The van der Waals surface area contributed by atoms with E-state index in [-0.39, 0.29) is 6.42 Å². The third-order valence-corrected chi connectivity index (χ3v) is 1.59. The first-order valence-electron chi connectivity index (χ1n) is 4.15. The van der Waals surface area contributed by atoms with Gasteiger partial charge in [0.2, 0.25) is 0 Å². The molecule has 0 saturated carbocycles. The summed E-state index contributed by atoms with van der Waals surface area (Å²) < 4.78 is 35.7. The molecule has 0 aromatic heterocycles. The molecule has 0 rings (SSSR count). The second-order valence-corrected chi connectivity index (χ2v) is 2.96. The Balaban J connectivity index is 4.16. The lowest BCUT2D eigenvalue weighted by Gasteiger charge is -2.14. The van der Waals surface area contributed by atoms with Crippen LogP contribution in [0.3, 0.4) is 0 Å². The molecule has 1 atom stereocenters. The molecule has 0 heterocycles. The van der Waals surface area contributed by atoms with Crippen molar-refractivity contribution >= 4 is 0 Å². The normalized spacial score (nSPS) is 15.0. The van der Waals surface area contributed by atoms with E-state index in [4.69, 9.17) is 5.73 Å². The highest BCUT2D eigenvalue weighted by Gasteiger charge is 2.30. The van der Waals surface area contributed by atoms with E-state index < -0.39 is 18.6 Å². The molecule has 0 bridgehead atoms. The van der Waals surface area contributed by atoms with Gasteiger partial charge >= 0.3 is 6.18 Å². The highest BCUT2D eigenvalue weighted by Crippen LogP contribution is 2.23. The van der Waals surface area contributed by atoms with Crippen LogP contribution in [0, 0.1) is 0 Å². The van der Waals surface area contributed by atoms with E-state index in [1.54, 1.807) is 6.08 Å². The molecule has 0 fully saturated rings. The molecule has 0 aliphatic rings. The van der Waals surface area contributed by atoms with E-state index in [9.17, 15) is 13.2 Å². The predicted molar refractivity (Wildman–Crippen MR) is 51.7 cm³/mol. The summed E-state index contributed by atoms with van der Waals surface area (Å²) in [6.07, 6.45) is -0.442. The third kappa shape index (κ3) is 6.48.